The zero-order chi connectivity index (χ0) is 104. The molecule has 1 N–H and O–H groups in total. The van der Waals surface area contributed by atoms with E-state index in [-0.39, 0.29) is 52.3 Å². The molecule has 2 unspecified atom stereocenters. The number of benzene rings is 11. The Morgan fingerprint density at radius 1 is 0.359 bits per heavy atom. The quantitative estimate of drug-likeness (QED) is 0.0288. The number of hydrogen-bond donors (Lipinski definition) is 1. The average Bonchev–Trinajstić information content (AvgIpc) is 0.739. The summed E-state index contributed by atoms with van der Waals surface area (Å²) in [5.41, 5.74) is 16.6. The lowest BCUT2D eigenvalue weighted by atomic mass is 9.78. The van der Waals surface area contributed by atoms with Gasteiger partial charge in [-0.3, -0.25) is 43.7 Å². The van der Waals surface area contributed by atoms with E-state index in [2.05, 4.69) is 250 Å². The van der Waals surface area contributed by atoms with E-state index in [0.717, 1.165) is 216 Å². The summed E-state index contributed by atoms with van der Waals surface area (Å²) in [5.74, 6) is 6.08. The maximum Gasteiger partial charge on any atom is 0.263 e. The summed E-state index contributed by atoms with van der Waals surface area (Å²) in [7, 11) is 8.11. The number of amides is 4. The van der Waals surface area contributed by atoms with Gasteiger partial charge in [-0.05, 0) is 292 Å². The maximum absolute atomic E-state index is 14.7. The minimum absolute atomic E-state index is 0.0152. The smallest absolute Gasteiger partial charge is 0.263 e. The number of phenols is 1. The number of ether oxygens (including phenoxy) is 5. The van der Waals surface area contributed by atoms with Crippen LogP contribution in [0.2, 0.25) is 0 Å². The van der Waals surface area contributed by atoms with Gasteiger partial charge in [0.15, 0.2) is 28.7 Å². The normalized spacial score (nSPS) is 14.0. The zero-order valence-corrected chi connectivity index (χ0v) is 90.6. The average molecular weight is 1980 g/mol. The van der Waals surface area contributed by atoms with Crippen molar-refractivity contribution in [3.8, 4) is 46.0 Å². The first-order chi connectivity index (χ1) is 69.9. The van der Waals surface area contributed by atoms with Gasteiger partial charge in [0.05, 0.1) is 53.0 Å². The second kappa shape index (κ2) is 48.6. The topological polar surface area (TPSA) is 170 Å². The number of carbonyl (C=O) groups excluding carboxylic acids is 4. The van der Waals surface area contributed by atoms with Crippen LogP contribution < -0.4 is 72.7 Å². The van der Waals surface area contributed by atoms with Gasteiger partial charge in [-0.1, -0.05) is 156 Å². The van der Waals surface area contributed by atoms with Gasteiger partial charge in [0, 0.05) is 188 Å². The molecule has 0 aromatic heterocycles. The molecule has 0 bridgehead atoms. The number of rotatable bonds is 37. The molecule has 0 spiro atoms. The molecule has 4 heterocycles. The fraction of sp³-hybridized carbons (Fsp3) is 0.398. The molecule has 16 rings (SSSR count). The van der Waals surface area contributed by atoms with Crippen LogP contribution in [0.4, 0.5) is 73.9 Å². The Kier molecular flexibility index (Phi) is 36.0. The Hall–Kier alpha value is -13.3. The zero-order valence-electron chi connectivity index (χ0n) is 89.8. The van der Waals surface area contributed by atoms with Crippen molar-refractivity contribution in [1.82, 2.24) is 4.90 Å². The van der Waals surface area contributed by atoms with Gasteiger partial charge in [-0.25, -0.2) is 0 Å². The number of fused-ring (bicyclic) bond motifs is 8. The highest BCUT2D eigenvalue weighted by Crippen LogP contribution is 2.55. The summed E-state index contributed by atoms with van der Waals surface area (Å²) in [6.45, 7) is 48.5. The van der Waals surface area contributed by atoms with Crippen LogP contribution in [0.5, 0.6) is 46.0 Å². The summed E-state index contributed by atoms with van der Waals surface area (Å²) in [6, 6.07) is 71.4. The van der Waals surface area contributed by atoms with E-state index in [1.54, 1.807) is 21.6 Å². The van der Waals surface area contributed by atoms with E-state index >= 15 is 0 Å². The molecule has 2 atom stereocenters. The van der Waals surface area contributed by atoms with E-state index in [4.69, 9.17) is 23.7 Å². The van der Waals surface area contributed by atoms with Gasteiger partial charge in [-0.15, -0.1) is 0 Å². The molecule has 1 aliphatic carbocycles. The number of nitrogens with zero attached hydrogens (tertiary/aromatic N) is 11. The standard InChI is InChI=1S/C65H81N5O6.C35H49N3O3.C23H23N3OS/c1-9-47(10-2)50-29-37-56-60(43-50)75-61-44-51(66(11-3)12-4)30-38-57(61)69(56)64(71)48-25-33-54(34-26-48)73-41-23-21-19-17-18-20-22-24-42-74-55-35-27-49(28-36-55)65(72)70-58-39-31-52(67(13-5)14-6)45-62(58)76-63-46-53(32-40-59(63)70)68(15-7)16-8;1-11-36(12-2)24-15-17-28-30(21-24)41-31-22-25(37(13-3)14-4)16-18-29(31)38(28)33(40)23-19-26(34(5,6)7)32(39)27(20-23)35(8,9)10;1-24(2)17-10-12-19-21(14-17)28-22-15-18(25(3)4)11-13-20(22)26(19)23(27)16-8-6-5-7-9-16/h25-40,43-47H,9-24,41-42H2,1-8H3;15-22,24,28,39H,11-14H2,1-10H3;5-15H,1-4H3. The third kappa shape index (κ3) is 24.4. The lowest BCUT2D eigenvalue weighted by molar-refractivity contribution is 0.0970. The molecular weight excluding hydrogens is 1820 g/mol. The van der Waals surface area contributed by atoms with Crippen molar-refractivity contribution in [3.63, 3.8) is 0 Å². The largest absolute Gasteiger partial charge is 0.507 e. The molecule has 766 valence electrons. The molecule has 0 saturated heterocycles. The fourth-order valence-electron chi connectivity index (χ4n) is 19.9. The highest BCUT2D eigenvalue weighted by Gasteiger charge is 2.42. The molecule has 4 amide bonds. The summed E-state index contributed by atoms with van der Waals surface area (Å²) in [5, 5.41) is 11.3. The van der Waals surface area contributed by atoms with Crippen molar-refractivity contribution >= 4 is 109 Å². The monoisotopic (exact) mass is 1980 g/mol. The lowest BCUT2D eigenvalue weighted by Gasteiger charge is -2.41. The number of aromatic hydroxyl groups is 1. The second-order valence-corrected chi connectivity index (χ2v) is 41.2. The number of likely N-dealkylation sites (N-methyl/N-ethyl adjacent to an activating group) is 1. The molecule has 5 aliphatic rings. The third-order valence-corrected chi connectivity index (χ3v) is 29.6. The van der Waals surface area contributed by atoms with E-state index < -0.39 is 0 Å². The first-order valence-electron chi connectivity index (χ1n) is 52.8. The van der Waals surface area contributed by atoms with Gasteiger partial charge in [0.25, 0.3) is 23.6 Å². The lowest BCUT2D eigenvalue weighted by Crippen LogP contribution is -2.47. The van der Waals surface area contributed by atoms with Gasteiger partial charge in [-0.2, -0.15) is 0 Å². The number of phenolic OH excluding ortho intramolecular Hbond substituents is 1. The number of unbranched alkanes of at least 4 members (excludes halogenated alkanes) is 7. The maximum atomic E-state index is 14.7. The summed E-state index contributed by atoms with van der Waals surface area (Å²) < 4.78 is 32.0. The van der Waals surface area contributed by atoms with E-state index in [1.165, 1.54) is 31.2 Å². The molecule has 11 aromatic carbocycles. The Balaban J connectivity index is 0.000000199. The molecular formula is C123H153N11O10S. The van der Waals surface area contributed by atoms with Crippen molar-refractivity contribution in [2.75, 3.05) is 156 Å². The van der Waals surface area contributed by atoms with Gasteiger partial charge < -0.3 is 58.2 Å². The molecule has 11 aromatic rings. The highest BCUT2D eigenvalue weighted by molar-refractivity contribution is 7.99. The van der Waals surface area contributed by atoms with Crippen LogP contribution in [0, 0.1) is 0 Å². The molecule has 22 heteroatoms. The minimum Gasteiger partial charge on any atom is -0.507 e. The molecule has 0 fully saturated rings. The SMILES string of the molecule is CCC(CC)c1ccc2c(c1)Oc1cc(N(CC)CC)ccc1N2C(=O)c1ccc(OCCCCCCCCCCOc2ccc(C(=O)N3c4ccc(N(CC)CC)cc4Oc4cc(N(CC)CC)ccc43)cc2)cc1.CCN(CC)c1ccc2c(c1)OC1=CC(N(CC)CC)C=CC1N2C(=O)c1cc(C(C)(C)C)c(O)c(C(C)(C)C)c1.CN(C)c1ccc2c(c1)Sc1cc(N(C)C)ccc1N2C(=O)c1ccccc1. The van der Waals surface area contributed by atoms with Gasteiger partial charge >= 0.3 is 0 Å². The summed E-state index contributed by atoms with van der Waals surface area (Å²) in [6.07, 6.45) is 17.5. The van der Waals surface area contributed by atoms with Crippen molar-refractivity contribution in [2.45, 2.75) is 227 Å². The fourth-order valence-corrected chi connectivity index (χ4v) is 21.0. The van der Waals surface area contributed by atoms with Crippen LogP contribution in [0.25, 0.3) is 0 Å². The van der Waals surface area contributed by atoms with Gasteiger partial charge in [0.2, 0.25) is 0 Å². The van der Waals surface area contributed by atoms with Crippen LogP contribution in [0.1, 0.15) is 253 Å². The molecule has 145 heavy (non-hydrogen) atoms. The highest BCUT2D eigenvalue weighted by atomic mass is 32.2. The van der Waals surface area contributed by atoms with Crippen LogP contribution in [-0.4, -0.2) is 153 Å². The first kappa shape index (κ1) is 107. The third-order valence-electron chi connectivity index (χ3n) is 28.5. The van der Waals surface area contributed by atoms with Crippen LogP contribution in [-0.2, 0) is 10.8 Å². The first-order valence-corrected chi connectivity index (χ1v) is 53.6. The van der Waals surface area contributed by atoms with Crippen molar-refractivity contribution < 1.29 is 48.0 Å². The number of anilines is 13. The summed E-state index contributed by atoms with van der Waals surface area (Å²) in [4.78, 5) is 82.0. The van der Waals surface area contributed by atoms with Crippen LogP contribution in [0.15, 0.2) is 252 Å². The van der Waals surface area contributed by atoms with Crippen molar-refractivity contribution in [3.05, 3.63) is 281 Å². The van der Waals surface area contributed by atoms with Crippen molar-refractivity contribution in [2.24, 2.45) is 0 Å². The van der Waals surface area contributed by atoms with Crippen LogP contribution >= 0.6 is 11.8 Å². The van der Waals surface area contributed by atoms with Crippen molar-refractivity contribution in [1.29, 1.82) is 0 Å². The van der Waals surface area contributed by atoms with E-state index in [0.29, 0.717) is 70.1 Å². The molecule has 0 radical (unpaired) electrons. The van der Waals surface area contributed by atoms with E-state index in [1.807, 2.05) is 184 Å². The molecule has 21 nitrogen and oxygen atoms in total. The van der Waals surface area contributed by atoms with Gasteiger partial charge in [0.1, 0.15) is 29.0 Å². The Labute approximate surface area is 867 Å². The van der Waals surface area contributed by atoms with E-state index in [9.17, 15) is 24.3 Å². The van der Waals surface area contributed by atoms with Crippen LogP contribution in [0.3, 0.4) is 0 Å². The Bertz CT molecular complexity index is 5950. The molecule has 0 saturated carbocycles. The Morgan fingerprint density at radius 2 is 0.703 bits per heavy atom. The predicted octanol–water partition coefficient (Wildman–Crippen LogP) is 29.5. The summed E-state index contributed by atoms with van der Waals surface area (Å²) >= 11 is 1.71. The molecule has 4 aliphatic heterocycles. The predicted molar refractivity (Wildman–Crippen MR) is 603 cm³/mol. The minimum atomic E-state index is -0.355. The number of carbonyl (C=O) groups is 4. The number of hydrogen-bond acceptors (Lipinski definition) is 18. The Morgan fingerprint density at radius 3 is 1.08 bits per heavy atom. The second-order valence-electron chi connectivity index (χ2n) is 40.1.